The van der Waals surface area contributed by atoms with Gasteiger partial charge in [0.05, 0.1) is 16.9 Å². The molecular formula is C10H13N5OS. The highest BCUT2D eigenvalue weighted by Gasteiger charge is 2.14. The number of carbonyl (C=O) groups is 1. The van der Waals surface area contributed by atoms with Crippen LogP contribution in [0, 0.1) is 0 Å². The molecular weight excluding hydrogens is 238 g/mol. The minimum atomic E-state index is -0.209. The minimum absolute atomic E-state index is 0.209. The molecule has 2 rings (SSSR count). The van der Waals surface area contributed by atoms with Crippen molar-refractivity contribution >= 4 is 22.9 Å². The van der Waals surface area contributed by atoms with E-state index in [4.69, 9.17) is 5.73 Å². The van der Waals surface area contributed by atoms with E-state index in [9.17, 15) is 4.79 Å². The van der Waals surface area contributed by atoms with E-state index in [1.54, 1.807) is 24.6 Å². The van der Waals surface area contributed by atoms with Crippen LogP contribution in [0.4, 0.5) is 5.69 Å². The average Bonchev–Trinajstić information content (AvgIpc) is 2.89. The molecule has 0 radical (unpaired) electrons. The molecule has 2 aromatic heterocycles. The molecule has 17 heavy (non-hydrogen) atoms. The molecule has 1 amide bonds. The van der Waals surface area contributed by atoms with Crippen molar-refractivity contribution in [3.05, 3.63) is 28.5 Å². The highest BCUT2D eigenvalue weighted by Crippen LogP contribution is 2.09. The van der Waals surface area contributed by atoms with Gasteiger partial charge in [0.15, 0.2) is 0 Å². The van der Waals surface area contributed by atoms with E-state index in [1.807, 2.05) is 5.38 Å². The van der Waals surface area contributed by atoms with E-state index >= 15 is 0 Å². The van der Waals surface area contributed by atoms with Crippen molar-refractivity contribution in [1.82, 2.24) is 20.1 Å². The highest BCUT2D eigenvalue weighted by molar-refractivity contribution is 7.09. The van der Waals surface area contributed by atoms with Gasteiger partial charge in [0.2, 0.25) is 0 Å². The van der Waals surface area contributed by atoms with Crippen molar-refractivity contribution in [2.45, 2.75) is 6.42 Å². The lowest BCUT2D eigenvalue weighted by Crippen LogP contribution is -2.28. The maximum Gasteiger partial charge on any atom is 0.271 e. The Morgan fingerprint density at radius 1 is 1.65 bits per heavy atom. The summed E-state index contributed by atoms with van der Waals surface area (Å²) in [6.07, 6.45) is 3.94. The van der Waals surface area contributed by atoms with Crippen LogP contribution in [0.5, 0.6) is 0 Å². The second-order valence-electron chi connectivity index (χ2n) is 3.50. The summed E-state index contributed by atoms with van der Waals surface area (Å²) in [5.74, 6) is -0.209. The van der Waals surface area contributed by atoms with Gasteiger partial charge in [-0.25, -0.2) is 4.98 Å². The standard InChI is InChI=1S/C10H13N5OS/c1-15-9(7(11)6-14-15)10(16)13-3-2-8-12-4-5-17-8/h4-6H,2-3,11H2,1H3,(H,13,16). The van der Waals surface area contributed by atoms with E-state index < -0.39 is 0 Å². The topological polar surface area (TPSA) is 85.8 Å². The second-order valence-corrected chi connectivity index (χ2v) is 4.48. The number of nitrogens with two attached hydrogens (primary N) is 1. The number of nitrogens with zero attached hydrogens (tertiary/aromatic N) is 3. The van der Waals surface area contributed by atoms with Gasteiger partial charge >= 0.3 is 0 Å². The number of hydrogen-bond donors (Lipinski definition) is 2. The number of thiazole rings is 1. The molecule has 0 atom stereocenters. The van der Waals surface area contributed by atoms with Crippen molar-refractivity contribution in [1.29, 1.82) is 0 Å². The van der Waals surface area contributed by atoms with Gasteiger partial charge in [0.25, 0.3) is 5.91 Å². The summed E-state index contributed by atoms with van der Waals surface area (Å²) in [5.41, 5.74) is 6.44. The number of nitrogens with one attached hydrogen (secondary N) is 1. The summed E-state index contributed by atoms with van der Waals surface area (Å²) >= 11 is 1.57. The lowest BCUT2D eigenvalue weighted by atomic mass is 10.3. The van der Waals surface area contributed by atoms with E-state index in [0.717, 1.165) is 11.4 Å². The Hall–Kier alpha value is -1.89. The van der Waals surface area contributed by atoms with Crippen LogP contribution >= 0.6 is 11.3 Å². The molecule has 0 spiro atoms. The van der Waals surface area contributed by atoms with Crippen LogP contribution in [0.2, 0.25) is 0 Å². The molecule has 7 heteroatoms. The summed E-state index contributed by atoms with van der Waals surface area (Å²) in [7, 11) is 1.69. The normalized spacial score (nSPS) is 10.4. The number of rotatable bonds is 4. The van der Waals surface area contributed by atoms with E-state index in [2.05, 4.69) is 15.4 Å². The van der Waals surface area contributed by atoms with Gasteiger partial charge in [0.1, 0.15) is 5.69 Å². The van der Waals surface area contributed by atoms with Gasteiger partial charge in [-0.05, 0) is 0 Å². The predicted octanol–water partition coefficient (Wildman–Crippen LogP) is 0.431. The van der Waals surface area contributed by atoms with Crippen LogP contribution in [0.1, 0.15) is 15.5 Å². The molecule has 2 aromatic rings. The fourth-order valence-corrected chi connectivity index (χ4v) is 2.10. The van der Waals surface area contributed by atoms with Crippen LogP contribution in [-0.2, 0) is 13.5 Å². The largest absolute Gasteiger partial charge is 0.396 e. The summed E-state index contributed by atoms with van der Waals surface area (Å²) in [4.78, 5) is 15.9. The van der Waals surface area contributed by atoms with Gasteiger partial charge in [-0.3, -0.25) is 9.48 Å². The molecule has 0 unspecified atom stereocenters. The van der Waals surface area contributed by atoms with Crippen LogP contribution in [0.3, 0.4) is 0 Å². The first-order valence-corrected chi connectivity index (χ1v) is 6.00. The molecule has 0 saturated carbocycles. The maximum atomic E-state index is 11.8. The monoisotopic (exact) mass is 251 g/mol. The maximum absolute atomic E-state index is 11.8. The fourth-order valence-electron chi connectivity index (χ4n) is 1.48. The van der Waals surface area contributed by atoms with Gasteiger partial charge < -0.3 is 11.1 Å². The fraction of sp³-hybridized carbons (Fsp3) is 0.300. The summed E-state index contributed by atoms with van der Waals surface area (Å²) in [5, 5.41) is 9.62. The van der Waals surface area contributed by atoms with Crippen LogP contribution in [-0.4, -0.2) is 27.2 Å². The second kappa shape index (κ2) is 4.96. The summed E-state index contributed by atoms with van der Waals surface area (Å²) < 4.78 is 1.47. The summed E-state index contributed by atoms with van der Waals surface area (Å²) in [6, 6.07) is 0. The quantitative estimate of drug-likeness (QED) is 0.825. The van der Waals surface area contributed by atoms with Gasteiger partial charge in [0, 0.05) is 31.6 Å². The Kier molecular flexibility index (Phi) is 3.38. The molecule has 0 aliphatic carbocycles. The highest BCUT2D eigenvalue weighted by atomic mass is 32.1. The third kappa shape index (κ3) is 2.62. The Bertz CT molecular complexity index is 485. The van der Waals surface area contributed by atoms with E-state index in [-0.39, 0.29) is 5.91 Å². The van der Waals surface area contributed by atoms with Crippen molar-refractivity contribution in [2.24, 2.45) is 7.05 Å². The number of anilines is 1. The number of aromatic nitrogens is 3. The molecule has 0 saturated heterocycles. The first-order chi connectivity index (χ1) is 8.18. The zero-order chi connectivity index (χ0) is 12.3. The van der Waals surface area contributed by atoms with Crippen LogP contribution in [0.25, 0.3) is 0 Å². The number of carbonyl (C=O) groups excluding carboxylic acids is 1. The Morgan fingerprint density at radius 2 is 2.47 bits per heavy atom. The van der Waals surface area contributed by atoms with Crippen molar-refractivity contribution in [2.75, 3.05) is 12.3 Å². The van der Waals surface area contributed by atoms with Crippen LogP contribution in [0.15, 0.2) is 17.8 Å². The van der Waals surface area contributed by atoms with Gasteiger partial charge in [-0.1, -0.05) is 0 Å². The first-order valence-electron chi connectivity index (χ1n) is 5.12. The Labute approximate surface area is 102 Å². The minimum Gasteiger partial charge on any atom is -0.396 e. The first kappa shape index (κ1) is 11.6. The molecule has 0 bridgehead atoms. The lowest BCUT2D eigenvalue weighted by Gasteiger charge is -2.05. The number of amides is 1. The Morgan fingerprint density at radius 3 is 3.06 bits per heavy atom. The predicted molar refractivity (Wildman–Crippen MR) is 65.8 cm³/mol. The lowest BCUT2D eigenvalue weighted by molar-refractivity contribution is 0.0945. The number of aryl methyl sites for hydroxylation is 1. The van der Waals surface area contributed by atoms with Crippen LogP contribution < -0.4 is 11.1 Å². The van der Waals surface area contributed by atoms with Crippen molar-refractivity contribution in [3.8, 4) is 0 Å². The molecule has 2 heterocycles. The van der Waals surface area contributed by atoms with Gasteiger partial charge in [-0.2, -0.15) is 5.10 Å². The van der Waals surface area contributed by atoms with E-state index in [0.29, 0.717) is 17.9 Å². The van der Waals surface area contributed by atoms with E-state index in [1.165, 1.54) is 10.9 Å². The zero-order valence-electron chi connectivity index (χ0n) is 9.38. The third-order valence-corrected chi connectivity index (χ3v) is 3.13. The smallest absolute Gasteiger partial charge is 0.271 e. The Balaban J connectivity index is 1.90. The summed E-state index contributed by atoms with van der Waals surface area (Å²) in [6.45, 7) is 0.539. The molecule has 90 valence electrons. The number of nitrogen functional groups attached to an aromatic ring is 1. The average molecular weight is 251 g/mol. The van der Waals surface area contributed by atoms with Crippen molar-refractivity contribution < 1.29 is 4.79 Å². The molecule has 0 aliphatic rings. The SMILES string of the molecule is Cn1ncc(N)c1C(=O)NCCc1nccs1. The number of hydrogen-bond acceptors (Lipinski definition) is 5. The van der Waals surface area contributed by atoms with Gasteiger partial charge in [-0.15, -0.1) is 11.3 Å². The molecule has 0 fully saturated rings. The van der Waals surface area contributed by atoms with Crippen molar-refractivity contribution in [3.63, 3.8) is 0 Å². The molecule has 0 aliphatic heterocycles. The molecule has 6 nitrogen and oxygen atoms in total. The molecule has 3 N–H and O–H groups in total. The molecule has 0 aromatic carbocycles. The third-order valence-electron chi connectivity index (χ3n) is 2.29. The zero-order valence-corrected chi connectivity index (χ0v) is 10.2.